The second kappa shape index (κ2) is 3.67. The maximum absolute atomic E-state index is 3.74. The lowest BCUT2D eigenvalue weighted by atomic mass is 9.87. The number of rotatable bonds is 1. The van der Waals surface area contributed by atoms with Crippen molar-refractivity contribution in [3.63, 3.8) is 0 Å². The van der Waals surface area contributed by atoms with E-state index in [0.717, 1.165) is 10.0 Å². The van der Waals surface area contributed by atoms with Gasteiger partial charge in [-0.1, -0.05) is 61.5 Å². The van der Waals surface area contributed by atoms with Crippen LogP contribution in [0.25, 0.3) is 6.08 Å². The van der Waals surface area contributed by atoms with Gasteiger partial charge in [-0.05, 0) is 22.6 Å². The van der Waals surface area contributed by atoms with Gasteiger partial charge in [0, 0.05) is 4.47 Å². The second-order valence-corrected chi connectivity index (χ2v) is 5.05. The molecule has 0 saturated carbocycles. The highest BCUT2D eigenvalue weighted by Gasteiger charge is 2.16. The summed E-state index contributed by atoms with van der Waals surface area (Å²) in [6, 6.07) is 6.35. The third kappa shape index (κ3) is 2.44. The van der Waals surface area contributed by atoms with Gasteiger partial charge in [-0.3, -0.25) is 0 Å². The first-order valence-corrected chi connectivity index (χ1v) is 5.17. The molecule has 0 aromatic heterocycles. The van der Waals surface area contributed by atoms with E-state index >= 15 is 0 Å². The smallest absolute Gasteiger partial charge is 0.0218 e. The highest BCUT2D eigenvalue weighted by atomic mass is 79.9. The van der Waals surface area contributed by atoms with Gasteiger partial charge in [-0.15, -0.1) is 0 Å². The molecular formula is C12H15Br. The highest BCUT2D eigenvalue weighted by molar-refractivity contribution is 9.10. The van der Waals surface area contributed by atoms with Crippen LogP contribution in [0, 0.1) is 0 Å². The van der Waals surface area contributed by atoms with Crippen LogP contribution in [0.3, 0.4) is 0 Å². The molecule has 0 aliphatic rings. The van der Waals surface area contributed by atoms with E-state index in [1.165, 1.54) is 5.56 Å². The topological polar surface area (TPSA) is 0 Å². The van der Waals surface area contributed by atoms with Crippen molar-refractivity contribution in [1.29, 1.82) is 0 Å². The maximum atomic E-state index is 3.74. The number of hydrogen-bond acceptors (Lipinski definition) is 0. The third-order valence-electron chi connectivity index (χ3n) is 2.04. The van der Waals surface area contributed by atoms with Gasteiger partial charge in [0.1, 0.15) is 0 Å². The van der Waals surface area contributed by atoms with Gasteiger partial charge >= 0.3 is 0 Å². The van der Waals surface area contributed by atoms with E-state index in [-0.39, 0.29) is 5.41 Å². The van der Waals surface area contributed by atoms with Gasteiger partial charge in [-0.2, -0.15) is 0 Å². The Bertz CT molecular complexity index is 318. The van der Waals surface area contributed by atoms with Crippen LogP contribution in [-0.2, 0) is 5.41 Å². The maximum Gasteiger partial charge on any atom is 0.0218 e. The Labute approximate surface area is 88.8 Å². The van der Waals surface area contributed by atoms with Crippen molar-refractivity contribution in [1.82, 2.24) is 0 Å². The van der Waals surface area contributed by atoms with Gasteiger partial charge in [-0.25, -0.2) is 0 Å². The Morgan fingerprint density at radius 2 is 1.92 bits per heavy atom. The zero-order valence-electron chi connectivity index (χ0n) is 8.39. The lowest BCUT2D eigenvalue weighted by Gasteiger charge is -2.20. The lowest BCUT2D eigenvalue weighted by Crippen LogP contribution is -2.11. The number of hydrogen-bond donors (Lipinski definition) is 0. The van der Waals surface area contributed by atoms with E-state index in [2.05, 4.69) is 61.5 Å². The van der Waals surface area contributed by atoms with Gasteiger partial charge < -0.3 is 0 Å². The zero-order valence-corrected chi connectivity index (χ0v) is 9.98. The first-order chi connectivity index (χ1) is 5.95. The Morgan fingerprint density at radius 1 is 1.31 bits per heavy atom. The van der Waals surface area contributed by atoms with Crippen LogP contribution >= 0.6 is 15.9 Å². The van der Waals surface area contributed by atoms with Crippen molar-refractivity contribution in [2.24, 2.45) is 0 Å². The fourth-order valence-electron chi connectivity index (χ4n) is 1.27. The lowest BCUT2D eigenvalue weighted by molar-refractivity contribution is 0.587. The molecule has 70 valence electrons. The van der Waals surface area contributed by atoms with E-state index in [1.807, 2.05) is 6.08 Å². The molecule has 0 N–H and O–H groups in total. The van der Waals surface area contributed by atoms with Crippen LogP contribution < -0.4 is 0 Å². The average molecular weight is 239 g/mol. The SMILES string of the molecule is C=Cc1ccc(C(C)(C)C)c(Br)c1. The monoisotopic (exact) mass is 238 g/mol. The molecule has 0 nitrogen and oxygen atoms in total. The molecule has 0 saturated heterocycles. The molecule has 0 spiro atoms. The predicted molar refractivity (Wildman–Crippen MR) is 62.9 cm³/mol. The summed E-state index contributed by atoms with van der Waals surface area (Å²) in [5.41, 5.74) is 2.68. The molecule has 0 aliphatic heterocycles. The quantitative estimate of drug-likeness (QED) is 0.681. The van der Waals surface area contributed by atoms with Crippen molar-refractivity contribution in [2.75, 3.05) is 0 Å². The molecule has 13 heavy (non-hydrogen) atoms. The standard InChI is InChI=1S/C12H15Br/c1-5-9-6-7-10(11(13)8-9)12(2,3)4/h5-8H,1H2,2-4H3. The van der Waals surface area contributed by atoms with Crippen LogP contribution in [0.5, 0.6) is 0 Å². The minimum Gasteiger partial charge on any atom is -0.0985 e. The summed E-state index contributed by atoms with van der Waals surface area (Å²) in [5, 5.41) is 0. The van der Waals surface area contributed by atoms with Crippen molar-refractivity contribution in [3.8, 4) is 0 Å². The summed E-state index contributed by atoms with van der Waals surface area (Å²) in [4.78, 5) is 0. The summed E-state index contributed by atoms with van der Waals surface area (Å²) in [5.74, 6) is 0. The summed E-state index contributed by atoms with van der Waals surface area (Å²) in [7, 11) is 0. The molecule has 0 amide bonds. The van der Waals surface area contributed by atoms with E-state index in [9.17, 15) is 0 Å². The molecule has 1 heteroatoms. The molecule has 0 aliphatic carbocycles. The average Bonchev–Trinajstić information content (AvgIpc) is 2.01. The van der Waals surface area contributed by atoms with Gasteiger partial charge in [0.2, 0.25) is 0 Å². The zero-order chi connectivity index (χ0) is 10.1. The van der Waals surface area contributed by atoms with Crippen LogP contribution in [-0.4, -0.2) is 0 Å². The summed E-state index contributed by atoms with van der Waals surface area (Å²) in [6.45, 7) is 10.4. The normalized spacial score (nSPS) is 11.4. The van der Waals surface area contributed by atoms with Crippen molar-refractivity contribution >= 4 is 22.0 Å². The molecule has 1 aromatic rings. The molecule has 0 heterocycles. The molecule has 0 atom stereocenters. The van der Waals surface area contributed by atoms with Gasteiger partial charge in [0.25, 0.3) is 0 Å². The first-order valence-electron chi connectivity index (χ1n) is 4.37. The summed E-state index contributed by atoms with van der Waals surface area (Å²) >= 11 is 3.58. The highest BCUT2D eigenvalue weighted by Crippen LogP contribution is 2.30. The van der Waals surface area contributed by atoms with Crippen molar-refractivity contribution in [3.05, 3.63) is 40.4 Å². The Balaban J connectivity index is 3.20. The van der Waals surface area contributed by atoms with E-state index in [4.69, 9.17) is 0 Å². The minimum atomic E-state index is 0.193. The molecule has 1 aromatic carbocycles. The second-order valence-electron chi connectivity index (χ2n) is 4.19. The van der Waals surface area contributed by atoms with Crippen LogP contribution in [0.4, 0.5) is 0 Å². The molecule has 0 radical (unpaired) electrons. The van der Waals surface area contributed by atoms with E-state index in [0.29, 0.717) is 0 Å². The van der Waals surface area contributed by atoms with Gasteiger partial charge in [0.15, 0.2) is 0 Å². The van der Waals surface area contributed by atoms with E-state index in [1.54, 1.807) is 0 Å². The largest absolute Gasteiger partial charge is 0.0985 e. The molecular weight excluding hydrogens is 224 g/mol. The van der Waals surface area contributed by atoms with Crippen molar-refractivity contribution < 1.29 is 0 Å². The Morgan fingerprint density at radius 3 is 2.31 bits per heavy atom. The molecule has 0 bridgehead atoms. The summed E-state index contributed by atoms with van der Waals surface area (Å²) < 4.78 is 1.16. The Kier molecular flexibility index (Phi) is 2.97. The van der Waals surface area contributed by atoms with Crippen LogP contribution in [0.2, 0.25) is 0 Å². The summed E-state index contributed by atoms with van der Waals surface area (Å²) in [6.07, 6.45) is 1.86. The molecule has 0 unspecified atom stereocenters. The number of halogens is 1. The first kappa shape index (κ1) is 10.5. The third-order valence-corrected chi connectivity index (χ3v) is 2.69. The van der Waals surface area contributed by atoms with E-state index < -0.39 is 0 Å². The van der Waals surface area contributed by atoms with Gasteiger partial charge in [0.05, 0.1) is 0 Å². The minimum absolute atomic E-state index is 0.193. The number of benzene rings is 1. The molecule has 1 rings (SSSR count). The molecule has 0 fully saturated rings. The van der Waals surface area contributed by atoms with Crippen LogP contribution in [0.15, 0.2) is 29.3 Å². The predicted octanol–water partition coefficient (Wildman–Crippen LogP) is 4.39. The Hall–Kier alpha value is -0.560. The van der Waals surface area contributed by atoms with Crippen molar-refractivity contribution in [2.45, 2.75) is 26.2 Å². The fourth-order valence-corrected chi connectivity index (χ4v) is 2.26. The fraction of sp³-hybridized carbons (Fsp3) is 0.333. The van der Waals surface area contributed by atoms with Crippen LogP contribution in [0.1, 0.15) is 31.9 Å².